The van der Waals surface area contributed by atoms with Crippen molar-refractivity contribution in [3.63, 3.8) is 0 Å². The number of allylic oxidation sites excluding steroid dienone is 2. The van der Waals surface area contributed by atoms with Crippen LogP contribution < -0.4 is 9.64 Å². The van der Waals surface area contributed by atoms with Crippen LogP contribution in [0.5, 0.6) is 5.75 Å². The minimum Gasteiger partial charge on any atom is -0.492 e. The highest BCUT2D eigenvalue weighted by molar-refractivity contribution is 6.08. The number of nitrogens with zero attached hydrogens (tertiary/aromatic N) is 2. The normalized spacial score (nSPS) is 19.9. The molecule has 0 spiro atoms. The second kappa shape index (κ2) is 7.35. The second-order valence-corrected chi connectivity index (χ2v) is 6.80. The van der Waals surface area contributed by atoms with E-state index in [1.54, 1.807) is 17.3 Å². The van der Waals surface area contributed by atoms with E-state index in [0.29, 0.717) is 18.8 Å². The van der Waals surface area contributed by atoms with Crippen molar-refractivity contribution in [2.24, 2.45) is 0 Å². The van der Waals surface area contributed by atoms with E-state index >= 15 is 0 Å². The van der Waals surface area contributed by atoms with E-state index in [1.807, 2.05) is 43.3 Å². The monoisotopic (exact) mass is 362 g/mol. The summed E-state index contributed by atoms with van der Waals surface area (Å²) in [6.45, 7) is 2.44. The largest absolute Gasteiger partial charge is 0.492 e. The summed E-state index contributed by atoms with van der Waals surface area (Å²) in [6, 6.07) is 11.3. The molecule has 27 heavy (non-hydrogen) atoms. The number of ether oxygens (including phenoxy) is 1. The van der Waals surface area contributed by atoms with Gasteiger partial charge in [0.25, 0.3) is 0 Å². The first-order chi connectivity index (χ1) is 13.2. The molecule has 1 atom stereocenters. The molecular formula is C22H22N2O3. The van der Waals surface area contributed by atoms with Gasteiger partial charge in [0.05, 0.1) is 12.3 Å². The van der Waals surface area contributed by atoms with Crippen LogP contribution in [0.15, 0.2) is 60.1 Å². The van der Waals surface area contributed by atoms with Crippen LogP contribution in [0.1, 0.15) is 44.1 Å². The average Bonchev–Trinajstić information content (AvgIpc) is 2.69. The topological polar surface area (TPSA) is 59.5 Å². The molecular weight excluding hydrogens is 340 g/mol. The number of amides is 1. The van der Waals surface area contributed by atoms with Gasteiger partial charge in [-0.2, -0.15) is 0 Å². The quantitative estimate of drug-likeness (QED) is 0.825. The van der Waals surface area contributed by atoms with Crippen LogP contribution >= 0.6 is 0 Å². The fourth-order valence-electron chi connectivity index (χ4n) is 4.07. The molecule has 4 rings (SSSR count). The zero-order valence-electron chi connectivity index (χ0n) is 15.4. The molecule has 0 saturated carbocycles. The maximum absolute atomic E-state index is 13.2. The third kappa shape index (κ3) is 3.14. The van der Waals surface area contributed by atoms with E-state index in [9.17, 15) is 9.59 Å². The molecule has 2 heterocycles. The van der Waals surface area contributed by atoms with Gasteiger partial charge in [0.1, 0.15) is 5.75 Å². The Hall–Kier alpha value is -2.95. The van der Waals surface area contributed by atoms with E-state index in [4.69, 9.17) is 4.74 Å². The molecule has 5 nitrogen and oxygen atoms in total. The van der Waals surface area contributed by atoms with Gasteiger partial charge in [-0.3, -0.25) is 19.5 Å². The lowest BCUT2D eigenvalue weighted by Crippen LogP contribution is -2.40. The van der Waals surface area contributed by atoms with Gasteiger partial charge in [-0.25, -0.2) is 0 Å². The molecule has 1 aliphatic carbocycles. The van der Waals surface area contributed by atoms with Gasteiger partial charge < -0.3 is 4.74 Å². The lowest BCUT2D eigenvalue weighted by atomic mass is 9.77. The van der Waals surface area contributed by atoms with E-state index in [-0.39, 0.29) is 24.0 Å². The molecule has 0 N–H and O–H groups in total. The molecule has 1 aromatic carbocycles. The number of carbonyl (C=O) groups is 2. The van der Waals surface area contributed by atoms with Crippen molar-refractivity contribution in [3.8, 4) is 5.75 Å². The molecule has 0 radical (unpaired) electrons. The van der Waals surface area contributed by atoms with Crippen LogP contribution in [-0.4, -0.2) is 23.3 Å². The summed E-state index contributed by atoms with van der Waals surface area (Å²) in [4.78, 5) is 31.9. The molecule has 0 fully saturated rings. The van der Waals surface area contributed by atoms with Gasteiger partial charge in [-0.05, 0) is 49.6 Å². The maximum atomic E-state index is 13.2. The van der Waals surface area contributed by atoms with Crippen molar-refractivity contribution in [1.29, 1.82) is 0 Å². The molecule has 1 amide bonds. The van der Waals surface area contributed by atoms with Gasteiger partial charge >= 0.3 is 0 Å². The number of anilines is 1. The Labute approximate surface area is 158 Å². The third-order valence-electron chi connectivity index (χ3n) is 5.19. The van der Waals surface area contributed by atoms with E-state index in [0.717, 1.165) is 35.4 Å². The van der Waals surface area contributed by atoms with Crippen molar-refractivity contribution >= 4 is 17.4 Å². The number of rotatable bonds is 4. The molecule has 5 heteroatoms. The number of para-hydroxylation sites is 2. The maximum Gasteiger partial charge on any atom is 0.232 e. The predicted molar refractivity (Wildman–Crippen MR) is 103 cm³/mol. The SMILES string of the molecule is CCOc1ccccc1N1C(=O)CC(c2ccncc2)C2=C1CCCC2=O. The first-order valence-corrected chi connectivity index (χ1v) is 9.41. The van der Waals surface area contributed by atoms with Crippen molar-refractivity contribution in [2.45, 2.75) is 38.5 Å². The molecule has 2 aromatic rings. The summed E-state index contributed by atoms with van der Waals surface area (Å²) >= 11 is 0. The van der Waals surface area contributed by atoms with Gasteiger partial charge in [-0.15, -0.1) is 0 Å². The molecule has 2 aliphatic rings. The van der Waals surface area contributed by atoms with Crippen LogP contribution in [0.3, 0.4) is 0 Å². The van der Waals surface area contributed by atoms with Crippen LogP contribution in [0.2, 0.25) is 0 Å². The number of hydrogen-bond acceptors (Lipinski definition) is 4. The number of pyridine rings is 1. The summed E-state index contributed by atoms with van der Waals surface area (Å²) in [5.74, 6) is 0.612. The summed E-state index contributed by atoms with van der Waals surface area (Å²) in [7, 11) is 0. The number of hydrogen-bond donors (Lipinski definition) is 0. The molecule has 0 bridgehead atoms. The first-order valence-electron chi connectivity index (χ1n) is 9.41. The Morgan fingerprint density at radius 2 is 1.89 bits per heavy atom. The van der Waals surface area contributed by atoms with Crippen LogP contribution in [0.4, 0.5) is 5.69 Å². The van der Waals surface area contributed by atoms with Crippen molar-refractivity contribution in [3.05, 3.63) is 65.6 Å². The van der Waals surface area contributed by atoms with Crippen LogP contribution in [-0.2, 0) is 9.59 Å². The number of benzene rings is 1. The fraction of sp³-hybridized carbons (Fsp3) is 0.318. The van der Waals surface area contributed by atoms with Crippen molar-refractivity contribution < 1.29 is 14.3 Å². The Morgan fingerprint density at radius 1 is 1.11 bits per heavy atom. The minimum absolute atomic E-state index is 0.00239. The minimum atomic E-state index is -0.196. The summed E-state index contributed by atoms with van der Waals surface area (Å²) in [6.07, 6.45) is 5.72. The van der Waals surface area contributed by atoms with Gasteiger partial charge in [0.2, 0.25) is 5.91 Å². The molecule has 1 aromatic heterocycles. The van der Waals surface area contributed by atoms with Crippen LogP contribution in [0.25, 0.3) is 0 Å². The highest BCUT2D eigenvalue weighted by Gasteiger charge is 2.40. The molecule has 1 unspecified atom stereocenters. The van der Waals surface area contributed by atoms with Crippen LogP contribution in [0, 0.1) is 0 Å². The zero-order valence-corrected chi connectivity index (χ0v) is 15.4. The lowest BCUT2D eigenvalue weighted by molar-refractivity contribution is -0.120. The average molecular weight is 362 g/mol. The number of aromatic nitrogens is 1. The Balaban J connectivity index is 1.86. The second-order valence-electron chi connectivity index (χ2n) is 6.80. The predicted octanol–water partition coefficient (Wildman–Crippen LogP) is 4.01. The Kier molecular flexibility index (Phi) is 4.75. The van der Waals surface area contributed by atoms with Gasteiger partial charge in [0.15, 0.2) is 5.78 Å². The van der Waals surface area contributed by atoms with E-state index < -0.39 is 0 Å². The smallest absolute Gasteiger partial charge is 0.232 e. The van der Waals surface area contributed by atoms with Gasteiger partial charge in [-0.1, -0.05) is 12.1 Å². The van der Waals surface area contributed by atoms with E-state index in [1.165, 1.54) is 0 Å². The summed E-state index contributed by atoms with van der Waals surface area (Å²) < 4.78 is 5.75. The molecule has 138 valence electrons. The fourth-order valence-corrected chi connectivity index (χ4v) is 4.07. The standard InChI is InChI=1S/C22H22N2O3/c1-2-27-20-9-4-3-6-17(20)24-18-7-5-8-19(25)22(18)16(14-21(24)26)15-10-12-23-13-11-15/h3-4,6,9-13,16H,2,5,7-8,14H2,1H3. The number of ketones is 1. The zero-order chi connectivity index (χ0) is 18.8. The molecule has 0 saturated heterocycles. The highest BCUT2D eigenvalue weighted by Crippen LogP contribution is 2.45. The van der Waals surface area contributed by atoms with Crippen molar-refractivity contribution in [1.82, 2.24) is 4.98 Å². The molecule has 1 aliphatic heterocycles. The summed E-state index contributed by atoms with van der Waals surface area (Å²) in [5.41, 5.74) is 3.30. The Bertz CT molecular complexity index is 905. The number of carbonyl (C=O) groups excluding carboxylic acids is 2. The third-order valence-corrected chi connectivity index (χ3v) is 5.19. The summed E-state index contributed by atoms with van der Waals surface area (Å²) in [5, 5.41) is 0. The van der Waals surface area contributed by atoms with Gasteiger partial charge in [0, 0.05) is 42.4 Å². The van der Waals surface area contributed by atoms with E-state index in [2.05, 4.69) is 4.98 Å². The lowest BCUT2D eigenvalue weighted by Gasteiger charge is -2.38. The Morgan fingerprint density at radius 3 is 2.67 bits per heavy atom. The first kappa shape index (κ1) is 17.5. The highest BCUT2D eigenvalue weighted by atomic mass is 16.5. The number of Topliss-reactive ketones (excluding diaryl/α,β-unsaturated/α-hetero) is 1. The van der Waals surface area contributed by atoms with Crippen molar-refractivity contribution in [2.75, 3.05) is 11.5 Å².